The Bertz CT molecular complexity index is 826. The average molecular weight is 320 g/mol. The first-order valence-electron chi connectivity index (χ1n) is 6.18. The van der Waals surface area contributed by atoms with Crippen LogP contribution in [0.5, 0.6) is 11.5 Å². The largest absolute Gasteiger partial charge is 0.449 e. The van der Waals surface area contributed by atoms with Gasteiger partial charge in [-0.05, 0) is 30.7 Å². The molecule has 2 rings (SSSR count). The van der Waals surface area contributed by atoms with Crippen molar-refractivity contribution < 1.29 is 9.13 Å². The lowest BCUT2D eigenvalue weighted by Crippen LogP contribution is -2.14. The monoisotopic (exact) mass is 319 g/mol. The Morgan fingerprint density at radius 1 is 1.55 bits per heavy atom. The number of rotatable bonds is 4. The smallest absolute Gasteiger partial charge is 0.294 e. The SMILES string of the molecule is C=C(C)C(F)c1nc[nH]c(=O)c1Oc1cc(Cl)cc(C#N)c1. The second-order valence-electron chi connectivity index (χ2n) is 4.54. The molecule has 0 saturated carbocycles. The fourth-order valence-electron chi connectivity index (χ4n) is 1.72. The van der Waals surface area contributed by atoms with Gasteiger partial charge >= 0.3 is 0 Å². The third-order valence-electron chi connectivity index (χ3n) is 2.73. The van der Waals surface area contributed by atoms with Gasteiger partial charge in [-0.15, -0.1) is 0 Å². The number of alkyl halides is 1. The van der Waals surface area contributed by atoms with Crippen LogP contribution < -0.4 is 10.3 Å². The van der Waals surface area contributed by atoms with E-state index in [0.29, 0.717) is 0 Å². The molecule has 0 fully saturated rings. The first-order chi connectivity index (χ1) is 10.4. The highest BCUT2D eigenvalue weighted by atomic mass is 35.5. The number of aromatic nitrogens is 2. The summed E-state index contributed by atoms with van der Waals surface area (Å²) >= 11 is 5.87. The van der Waals surface area contributed by atoms with E-state index in [2.05, 4.69) is 16.5 Å². The lowest BCUT2D eigenvalue weighted by molar-refractivity contribution is 0.365. The Morgan fingerprint density at radius 2 is 2.27 bits per heavy atom. The van der Waals surface area contributed by atoms with Crippen molar-refractivity contribution in [3.63, 3.8) is 0 Å². The summed E-state index contributed by atoms with van der Waals surface area (Å²) in [7, 11) is 0. The summed E-state index contributed by atoms with van der Waals surface area (Å²) < 4.78 is 19.6. The molecule has 7 heteroatoms. The number of H-pyrrole nitrogens is 1. The van der Waals surface area contributed by atoms with Gasteiger partial charge in [0.25, 0.3) is 5.56 Å². The zero-order chi connectivity index (χ0) is 16.3. The van der Waals surface area contributed by atoms with Crippen molar-refractivity contribution in [2.24, 2.45) is 0 Å². The molecule has 0 aliphatic carbocycles. The van der Waals surface area contributed by atoms with E-state index in [9.17, 15) is 9.18 Å². The summed E-state index contributed by atoms with van der Waals surface area (Å²) in [6.45, 7) is 4.98. The molecule has 1 N–H and O–H groups in total. The van der Waals surface area contributed by atoms with E-state index in [4.69, 9.17) is 21.6 Å². The van der Waals surface area contributed by atoms with Crippen molar-refractivity contribution in [3.05, 3.63) is 63.3 Å². The lowest BCUT2D eigenvalue weighted by Gasteiger charge is -2.12. The molecule has 5 nitrogen and oxygen atoms in total. The molecule has 0 saturated heterocycles. The van der Waals surface area contributed by atoms with Gasteiger partial charge in [-0.3, -0.25) is 4.79 Å². The van der Waals surface area contributed by atoms with E-state index in [-0.39, 0.29) is 33.4 Å². The van der Waals surface area contributed by atoms with Crippen LogP contribution in [0.25, 0.3) is 0 Å². The van der Waals surface area contributed by atoms with Crippen molar-refractivity contribution in [1.29, 1.82) is 5.26 Å². The predicted molar refractivity (Wildman–Crippen MR) is 79.8 cm³/mol. The summed E-state index contributed by atoms with van der Waals surface area (Å²) in [5.41, 5.74) is -0.394. The maximum atomic E-state index is 14.2. The Kier molecular flexibility index (Phi) is 4.59. The van der Waals surface area contributed by atoms with Crippen molar-refractivity contribution in [3.8, 4) is 17.6 Å². The number of allylic oxidation sites excluding steroid dienone is 1. The van der Waals surface area contributed by atoms with Crippen molar-refractivity contribution in [2.45, 2.75) is 13.1 Å². The van der Waals surface area contributed by atoms with Crippen molar-refractivity contribution in [2.75, 3.05) is 0 Å². The van der Waals surface area contributed by atoms with E-state index in [1.165, 1.54) is 25.1 Å². The second kappa shape index (κ2) is 6.41. The van der Waals surface area contributed by atoms with E-state index in [1.807, 2.05) is 6.07 Å². The highest BCUT2D eigenvalue weighted by Crippen LogP contribution is 2.31. The molecule has 0 bridgehead atoms. The van der Waals surface area contributed by atoms with Crippen LogP contribution in [-0.4, -0.2) is 9.97 Å². The number of aromatic amines is 1. The summed E-state index contributed by atoms with van der Waals surface area (Å²) in [4.78, 5) is 18.0. The van der Waals surface area contributed by atoms with E-state index in [0.717, 1.165) is 6.33 Å². The van der Waals surface area contributed by atoms with Gasteiger partial charge in [-0.1, -0.05) is 18.2 Å². The number of nitrogens with zero attached hydrogens (tertiary/aromatic N) is 2. The van der Waals surface area contributed by atoms with Crippen LogP contribution in [0.3, 0.4) is 0 Å². The summed E-state index contributed by atoms with van der Waals surface area (Å²) in [6.07, 6.45) is -0.564. The summed E-state index contributed by atoms with van der Waals surface area (Å²) in [5, 5.41) is 9.16. The highest BCUT2D eigenvalue weighted by molar-refractivity contribution is 6.30. The molecule has 2 aromatic rings. The quantitative estimate of drug-likeness (QED) is 0.872. The minimum absolute atomic E-state index is 0.137. The molecule has 1 aromatic carbocycles. The van der Waals surface area contributed by atoms with Crippen LogP contribution in [0.2, 0.25) is 5.02 Å². The van der Waals surface area contributed by atoms with Gasteiger partial charge in [0.05, 0.1) is 18.0 Å². The van der Waals surface area contributed by atoms with E-state index in [1.54, 1.807) is 0 Å². The van der Waals surface area contributed by atoms with Crippen LogP contribution in [0.4, 0.5) is 4.39 Å². The van der Waals surface area contributed by atoms with Gasteiger partial charge in [0.2, 0.25) is 5.75 Å². The van der Waals surface area contributed by atoms with Gasteiger partial charge in [0.15, 0.2) is 6.17 Å². The first kappa shape index (κ1) is 15.7. The van der Waals surface area contributed by atoms with E-state index < -0.39 is 11.7 Å². The first-order valence-corrected chi connectivity index (χ1v) is 6.55. The number of hydrogen-bond donors (Lipinski definition) is 1. The van der Waals surface area contributed by atoms with Gasteiger partial charge < -0.3 is 9.72 Å². The number of benzene rings is 1. The number of nitrogens with one attached hydrogen (secondary N) is 1. The van der Waals surface area contributed by atoms with Crippen LogP contribution in [0.1, 0.15) is 24.4 Å². The van der Waals surface area contributed by atoms with Crippen LogP contribution >= 0.6 is 11.6 Å². The maximum Gasteiger partial charge on any atom is 0.294 e. The van der Waals surface area contributed by atoms with Crippen LogP contribution in [0.15, 0.2) is 41.5 Å². The van der Waals surface area contributed by atoms with Crippen molar-refractivity contribution in [1.82, 2.24) is 9.97 Å². The molecule has 0 amide bonds. The molecule has 112 valence electrons. The molecule has 1 aromatic heterocycles. The summed E-state index contributed by atoms with van der Waals surface area (Å²) in [6, 6.07) is 6.14. The Hall–Kier alpha value is -2.65. The van der Waals surface area contributed by atoms with Crippen molar-refractivity contribution >= 4 is 11.6 Å². The Morgan fingerprint density at radius 3 is 2.91 bits per heavy atom. The normalized spacial score (nSPS) is 11.5. The number of hydrogen-bond acceptors (Lipinski definition) is 4. The number of nitriles is 1. The minimum atomic E-state index is -1.65. The zero-order valence-electron chi connectivity index (χ0n) is 11.6. The fourth-order valence-corrected chi connectivity index (χ4v) is 1.94. The van der Waals surface area contributed by atoms with E-state index >= 15 is 0 Å². The Balaban J connectivity index is 2.50. The standard InChI is InChI=1S/C15H11ClFN3O2/c1-8(2)12(17)13-14(15(21)20-7-19-13)22-11-4-9(6-18)3-10(16)5-11/h3-5,7,12H,1H2,2H3,(H,19,20,21). The van der Waals surface area contributed by atoms with Gasteiger partial charge in [-0.2, -0.15) is 5.26 Å². The molecule has 0 radical (unpaired) electrons. The molecular weight excluding hydrogens is 309 g/mol. The van der Waals surface area contributed by atoms with Gasteiger partial charge in [-0.25, -0.2) is 9.37 Å². The molecular formula is C15H11ClFN3O2. The topological polar surface area (TPSA) is 78.8 Å². The molecule has 0 aliphatic heterocycles. The predicted octanol–water partition coefficient (Wildman–Crippen LogP) is 3.67. The molecule has 0 aliphatic rings. The fraction of sp³-hybridized carbons (Fsp3) is 0.133. The minimum Gasteiger partial charge on any atom is -0.449 e. The third kappa shape index (κ3) is 3.32. The molecule has 1 heterocycles. The third-order valence-corrected chi connectivity index (χ3v) is 2.95. The average Bonchev–Trinajstić information content (AvgIpc) is 2.47. The molecule has 1 atom stereocenters. The zero-order valence-corrected chi connectivity index (χ0v) is 12.3. The lowest BCUT2D eigenvalue weighted by atomic mass is 10.1. The molecule has 22 heavy (non-hydrogen) atoms. The molecule has 1 unspecified atom stereocenters. The Labute approximate surface area is 130 Å². The number of halogens is 2. The van der Waals surface area contributed by atoms with Gasteiger partial charge in [0.1, 0.15) is 11.4 Å². The number of ether oxygens (including phenoxy) is 1. The highest BCUT2D eigenvalue weighted by Gasteiger charge is 2.21. The molecule has 0 spiro atoms. The van der Waals surface area contributed by atoms with Crippen LogP contribution in [0, 0.1) is 11.3 Å². The van der Waals surface area contributed by atoms with Gasteiger partial charge in [0, 0.05) is 5.02 Å². The second-order valence-corrected chi connectivity index (χ2v) is 4.98. The maximum absolute atomic E-state index is 14.2. The summed E-state index contributed by atoms with van der Waals surface area (Å²) in [5.74, 6) is -0.165. The van der Waals surface area contributed by atoms with Crippen LogP contribution in [-0.2, 0) is 0 Å².